The molecule has 1 aliphatic rings. The zero-order valence-corrected chi connectivity index (χ0v) is 14.2. The number of ether oxygens (including phenoxy) is 1. The maximum Gasteiger partial charge on any atom is 0.435 e. The average molecular weight is 381 g/mol. The molecule has 0 atom stereocenters. The highest BCUT2D eigenvalue weighted by molar-refractivity contribution is 6.34. The molecular formula is C18H12ClF3N2O2. The minimum absolute atomic E-state index is 0.237. The lowest BCUT2D eigenvalue weighted by molar-refractivity contribution is -0.114. The van der Waals surface area contributed by atoms with Gasteiger partial charge in [-0.25, -0.2) is 0 Å². The van der Waals surface area contributed by atoms with Crippen molar-refractivity contribution < 1.29 is 22.7 Å². The topological polar surface area (TPSA) is 41.9 Å². The fraction of sp³-hybridized carbons (Fsp3) is 0.111. The van der Waals surface area contributed by atoms with Crippen LogP contribution in [0.2, 0.25) is 5.02 Å². The SMILES string of the molecule is COc1ccc(Cl)cc1/C=C1\C(=O)N(c2ccccc2)N=C1C(F)(F)F. The lowest BCUT2D eigenvalue weighted by atomic mass is 10.1. The number of carbonyl (C=O) groups excluding carboxylic acids is 1. The largest absolute Gasteiger partial charge is 0.496 e. The summed E-state index contributed by atoms with van der Waals surface area (Å²) in [6.45, 7) is 0. The minimum Gasteiger partial charge on any atom is -0.496 e. The lowest BCUT2D eigenvalue weighted by Gasteiger charge is -2.11. The molecule has 0 saturated heterocycles. The zero-order valence-electron chi connectivity index (χ0n) is 13.4. The summed E-state index contributed by atoms with van der Waals surface area (Å²) in [6.07, 6.45) is -3.71. The van der Waals surface area contributed by atoms with Crippen LogP contribution in [0, 0.1) is 0 Å². The van der Waals surface area contributed by atoms with Crippen molar-refractivity contribution in [3.8, 4) is 5.75 Å². The van der Waals surface area contributed by atoms with Gasteiger partial charge in [0.15, 0.2) is 5.71 Å². The van der Waals surface area contributed by atoms with Gasteiger partial charge in [0.05, 0.1) is 18.4 Å². The van der Waals surface area contributed by atoms with Gasteiger partial charge in [-0.2, -0.15) is 23.3 Å². The molecule has 0 fully saturated rings. The first-order valence-electron chi connectivity index (χ1n) is 7.42. The molecule has 0 bridgehead atoms. The van der Waals surface area contributed by atoms with Crippen LogP contribution >= 0.6 is 11.6 Å². The number of hydrogen-bond acceptors (Lipinski definition) is 3. The molecule has 0 radical (unpaired) electrons. The molecule has 1 amide bonds. The second-order valence-electron chi connectivity index (χ2n) is 5.34. The minimum atomic E-state index is -4.79. The molecular weight excluding hydrogens is 369 g/mol. The predicted octanol–water partition coefficient (Wildman–Crippen LogP) is 4.70. The van der Waals surface area contributed by atoms with E-state index in [1.165, 1.54) is 37.4 Å². The van der Waals surface area contributed by atoms with Crippen molar-refractivity contribution in [1.29, 1.82) is 0 Å². The molecule has 1 heterocycles. The van der Waals surface area contributed by atoms with Crippen LogP contribution in [0.15, 0.2) is 59.2 Å². The van der Waals surface area contributed by atoms with Gasteiger partial charge in [-0.3, -0.25) is 4.79 Å². The maximum atomic E-state index is 13.4. The Hall–Kier alpha value is -2.80. The van der Waals surface area contributed by atoms with Gasteiger partial charge in [0.1, 0.15) is 5.75 Å². The van der Waals surface area contributed by atoms with Crippen LogP contribution in [0.1, 0.15) is 5.56 Å². The van der Waals surface area contributed by atoms with E-state index in [4.69, 9.17) is 16.3 Å². The van der Waals surface area contributed by atoms with E-state index in [0.29, 0.717) is 5.02 Å². The lowest BCUT2D eigenvalue weighted by Crippen LogP contribution is -2.25. The Labute approximate surface area is 152 Å². The number of anilines is 1. The van der Waals surface area contributed by atoms with Crippen LogP contribution in [-0.2, 0) is 4.79 Å². The van der Waals surface area contributed by atoms with E-state index in [-0.39, 0.29) is 17.0 Å². The summed E-state index contributed by atoms with van der Waals surface area (Å²) >= 11 is 5.91. The third-order valence-electron chi connectivity index (χ3n) is 3.64. The van der Waals surface area contributed by atoms with Crippen LogP contribution < -0.4 is 9.75 Å². The number of benzene rings is 2. The first-order chi connectivity index (χ1) is 12.3. The van der Waals surface area contributed by atoms with Crippen molar-refractivity contribution in [2.45, 2.75) is 6.18 Å². The van der Waals surface area contributed by atoms with E-state index >= 15 is 0 Å². The monoisotopic (exact) mass is 380 g/mol. The molecule has 3 rings (SSSR count). The van der Waals surface area contributed by atoms with E-state index in [2.05, 4.69) is 5.10 Å². The fourth-order valence-corrected chi connectivity index (χ4v) is 2.65. The van der Waals surface area contributed by atoms with Crippen molar-refractivity contribution >= 4 is 35.0 Å². The first-order valence-corrected chi connectivity index (χ1v) is 7.80. The molecule has 1 aliphatic heterocycles. The summed E-state index contributed by atoms with van der Waals surface area (Å²) in [6, 6.07) is 12.4. The van der Waals surface area contributed by atoms with Crippen molar-refractivity contribution in [1.82, 2.24) is 0 Å². The van der Waals surface area contributed by atoms with Gasteiger partial charge in [-0.1, -0.05) is 29.8 Å². The fourth-order valence-electron chi connectivity index (χ4n) is 2.47. The van der Waals surface area contributed by atoms with Gasteiger partial charge in [0.25, 0.3) is 5.91 Å². The summed E-state index contributed by atoms with van der Waals surface area (Å²) < 4.78 is 45.4. The first kappa shape index (κ1) is 18.0. The third kappa shape index (κ3) is 3.43. The van der Waals surface area contributed by atoms with Crippen molar-refractivity contribution in [2.24, 2.45) is 5.10 Å². The number of halogens is 4. The highest BCUT2D eigenvalue weighted by Gasteiger charge is 2.46. The molecule has 0 aliphatic carbocycles. The van der Waals surface area contributed by atoms with E-state index in [0.717, 1.165) is 11.1 Å². The van der Waals surface area contributed by atoms with Gasteiger partial charge in [-0.05, 0) is 36.4 Å². The van der Waals surface area contributed by atoms with Crippen molar-refractivity contribution in [3.05, 3.63) is 64.7 Å². The number of amides is 1. The number of nitrogens with zero attached hydrogens (tertiary/aromatic N) is 2. The Balaban J connectivity index is 2.13. The zero-order chi connectivity index (χ0) is 18.9. The van der Waals surface area contributed by atoms with Crippen LogP contribution in [-0.4, -0.2) is 24.9 Å². The van der Waals surface area contributed by atoms with Gasteiger partial charge in [-0.15, -0.1) is 0 Å². The molecule has 26 heavy (non-hydrogen) atoms. The molecule has 134 valence electrons. The summed E-state index contributed by atoms with van der Waals surface area (Å²) in [5.41, 5.74) is -1.37. The molecule has 4 nitrogen and oxygen atoms in total. The smallest absolute Gasteiger partial charge is 0.435 e. The quantitative estimate of drug-likeness (QED) is 0.724. The number of hydrogen-bond donors (Lipinski definition) is 0. The molecule has 2 aromatic carbocycles. The number of rotatable bonds is 3. The van der Waals surface area contributed by atoms with E-state index < -0.39 is 23.4 Å². The molecule has 0 spiro atoms. The molecule has 0 N–H and O–H groups in total. The van der Waals surface area contributed by atoms with Crippen molar-refractivity contribution in [3.63, 3.8) is 0 Å². The summed E-state index contributed by atoms with van der Waals surface area (Å²) in [7, 11) is 1.37. The van der Waals surface area contributed by atoms with Crippen LogP contribution in [0.3, 0.4) is 0 Å². The van der Waals surface area contributed by atoms with Crippen LogP contribution in [0.25, 0.3) is 6.08 Å². The van der Waals surface area contributed by atoms with E-state index in [1.807, 2.05) is 0 Å². The molecule has 0 unspecified atom stereocenters. The summed E-state index contributed by atoms with van der Waals surface area (Å²) in [5, 5.41) is 4.53. The van der Waals surface area contributed by atoms with Gasteiger partial charge in [0, 0.05) is 10.6 Å². The maximum absolute atomic E-state index is 13.4. The molecule has 2 aromatic rings. The molecule has 8 heteroatoms. The highest BCUT2D eigenvalue weighted by Crippen LogP contribution is 2.34. The van der Waals surface area contributed by atoms with E-state index in [9.17, 15) is 18.0 Å². The Morgan fingerprint density at radius 3 is 2.46 bits per heavy atom. The second-order valence-corrected chi connectivity index (χ2v) is 5.78. The number of carbonyl (C=O) groups is 1. The Morgan fingerprint density at radius 1 is 1.15 bits per heavy atom. The Morgan fingerprint density at radius 2 is 1.85 bits per heavy atom. The Kier molecular flexibility index (Phi) is 4.73. The van der Waals surface area contributed by atoms with E-state index in [1.54, 1.807) is 18.2 Å². The second kappa shape index (κ2) is 6.84. The van der Waals surface area contributed by atoms with Crippen molar-refractivity contribution in [2.75, 3.05) is 12.1 Å². The normalized spacial score (nSPS) is 16.2. The summed E-state index contributed by atoms with van der Waals surface area (Å²) in [4.78, 5) is 12.6. The Bertz CT molecular complexity index is 908. The third-order valence-corrected chi connectivity index (χ3v) is 3.87. The number of alkyl halides is 3. The number of hydrazone groups is 1. The van der Waals surface area contributed by atoms with Crippen LogP contribution in [0.5, 0.6) is 5.75 Å². The number of methoxy groups -OCH3 is 1. The van der Waals surface area contributed by atoms with Gasteiger partial charge in [0.2, 0.25) is 0 Å². The highest BCUT2D eigenvalue weighted by atomic mass is 35.5. The van der Waals surface area contributed by atoms with Gasteiger partial charge >= 0.3 is 6.18 Å². The van der Waals surface area contributed by atoms with Gasteiger partial charge < -0.3 is 4.74 Å². The van der Waals surface area contributed by atoms with Crippen LogP contribution in [0.4, 0.5) is 18.9 Å². The molecule has 0 saturated carbocycles. The molecule has 0 aromatic heterocycles. The number of para-hydroxylation sites is 1. The average Bonchev–Trinajstić information content (AvgIpc) is 2.93. The predicted molar refractivity (Wildman–Crippen MR) is 93.4 cm³/mol. The summed E-state index contributed by atoms with van der Waals surface area (Å²) in [5.74, 6) is -0.597. The standard InChI is InChI=1S/C18H12ClF3N2O2/c1-26-15-8-7-12(19)9-11(15)10-14-16(18(20,21)22)23-24(17(14)25)13-5-3-2-4-6-13/h2-10H,1H3/b14-10-.